The maximum Gasteiger partial charge on any atom is 0.196 e. The molecule has 0 radical (unpaired) electrons. The van der Waals surface area contributed by atoms with E-state index < -0.39 is 0 Å². The number of anilines is 1. The Labute approximate surface area is 121 Å². The lowest BCUT2D eigenvalue weighted by Gasteiger charge is -2.39. The largest absolute Gasteiger partial charge is 0.497 e. The van der Waals surface area contributed by atoms with Crippen molar-refractivity contribution in [2.45, 2.75) is 45.1 Å². The van der Waals surface area contributed by atoms with E-state index in [0.29, 0.717) is 5.96 Å². The van der Waals surface area contributed by atoms with E-state index in [1.807, 2.05) is 12.1 Å². The van der Waals surface area contributed by atoms with Gasteiger partial charge in [-0.25, -0.2) is 0 Å². The molecule has 2 rings (SSSR count). The van der Waals surface area contributed by atoms with Crippen molar-refractivity contribution in [3.63, 3.8) is 0 Å². The van der Waals surface area contributed by atoms with E-state index in [1.165, 1.54) is 0 Å². The lowest BCUT2D eigenvalue weighted by molar-refractivity contribution is 0.383. The Kier molecular flexibility index (Phi) is 4.53. The van der Waals surface area contributed by atoms with Crippen LogP contribution in [0.4, 0.5) is 5.69 Å². The van der Waals surface area contributed by atoms with Crippen LogP contribution >= 0.6 is 0 Å². The van der Waals surface area contributed by atoms with E-state index in [-0.39, 0.29) is 5.54 Å². The van der Waals surface area contributed by atoms with Crippen molar-refractivity contribution in [2.75, 3.05) is 18.6 Å². The van der Waals surface area contributed by atoms with Gasteiger partial charge in [0.05, 0.1) is 19.2 Å². The molecule has 0 amide bonds. The Balaban J connectivity index is 2.34. The second-order valence-corrected chi connectivity index (χ2v) is 5.43. The van der Waals surface area contributed by atoms with Gasteiger partial charge in [-0.2, -0.15) is 0 Å². The van der Waals surface area contributed by atoms with Gasteiger partial charge in [0.25, 0.3) is 0 Å². The molecule has 0 spiro atoms. The molecule has 0 unspecified atom stereocenters. The molecule has 20 heavy (non-hydrogen) atoms. The molecule has 0 aromatic heterocycles. The highest BCUT2D eigenvalue weighted by molar-refractivity contribution is 5.98. The molecular formula is C16H25N3O. The third-order valence-electron chi connectivity index (χ3n) is 4.00. The van der Waals surface area contributed by atoms with Crippen molar-refractivity contribution in [1.82, 2.24) is 0 Å². The average Bonchev–Trinajstić information content (AvgIpc) is 2.77. The number of methoxy groups -OCH3 is 1. The highest BCUT2D eigenvalue weighted by Gasteiger charge is 2.41. The first-order chi connectivity index (χ1) is 9.66. The Morgan fingerprint density at radius 1 is 1.20 bits per heavy atom. The smallest absolute Gasteiger partial charge is 0.196 e. The molecule has 2 N–H and O–H groups in total. The van der Waals surface area contributed by atoms with Crippen LogP contribution in [0.25, 0.3) is 0 Å². The van der Waals surface area contributed by atoms with E-state index in [0.717, 1.165) is 43.7 Å². The first-order valence-electron chi connectivity index (χ1n) is 7.41. The molecule has 4 nitrogen and oxygen atoms in total. The molecule has 0 bridgehead atoms. The summed E-state index contributed by atoms with van der Waals surface area (Å²) in [6.45, 7) is 5.24. The van der Waals surface area contributed by atoms with Crippen LogP contribution in [-0.2, 0) is 0 Å². The minimum Gasteiger partial charge on any atom is -0.497 e. The molecule has 0 fully saturated rings. The number of benzene rings is 1. The summed E-state index contributed by atoms with van der Waals surface area (Å²) < 4.78 is 5.23. The van der Waals surface area contributed by atoms with Gasteiger partial charge in [0.1, 0.15) is 5.75 Å². The van der Waals surface area contributed by atoms with Crippen molar-refractivity contribution in [2.24, 2.45) is 10.7 Å². The quantitative estimate of drug-likeness (QED) is 0.867. The number of rotatable bonds is 6. The summed E-state index contributed by atoms with van der Waals surface area (Å²) in [5.41, 5.74) is 7.31. The first-order valence-corrected chi connectivity index (χ1v) is 7.41. The minimum absolute atomic E-state index is 0.0438. The van der Waals surface area contributed by atoms with Gasteiger partial charge >= 0.3 is 0 Å². The summed E-state index contributed by atoms with van der Waals surface area (Å²) in [5, 5.41) is 0. The number of nitrogens with two attached hydrogens (primary N) is 1. The topological polar surface area (TPSA) is 50.8 Å². The summed E-state index contributed by atoms with van der Waals surface area (Å²) in [5.74, 6) is 1.50. The highest BCUT2D eigenvalue weighted by atomic mass is 16.5. The van der Waals surface area contributed by atoms with E-state index >= 15 is 0 Å². The Morgan fingerprint density at radius 2 is 1.80 bits per heavy atom. The van der Waals surface area contributed by atoms with Crippen LogP contribution in [-0.4, -0.2) is 25.2 Å². The van der Waals surface area contributed by atoms with Crippen LogP contribution in [0.2, 0.25) is 0 Å². The zero-order chi connectivity index (χ0) is 14.6. The predicted octanol–water partition coefficient (Wildman–Crippen LogP) is 3.17. The Morgan fingerprint density at radius 3 is 2.30 bits per heavy atom. The van der Waals surface area contributed by atoms with Crippen LogP contribution in [0.1, 0.15) is 39.5 Å². The maximum absolute atomic E-state index is 6.16. The summed E-state index contributed by atoms with van der Waals surface area (Å²) in [6.07, 6.45) is 4.49. The van der Waals surface area contributed by atoms with Gasteiger partial charge in [-0.3, -0.25) is 4.99 Å². The summed E-state index contributed by atoms with van der Waals surface area (Å²) in [4.78, 5) is 6.74. The first kappa shape index (κ1) is 14.7. The zero-order valence-electron chi connectivity index (χ0n) is 12.7. The molecule has 0 aliphatic carbocycles. The third-order valence-corrected chi connectivity index (χ3v) is 4.00. The molecule has 1 aliphatic rings. The van der Waals surface area contributed by atoms with Gasteiger partial charge < -0.3 is 15.4 Å². The van der Waals surface area contributed by atoms with Crippen LogP contribution in [0.5, 0.6) is 5.75 Å². The van der Waals surface area contributed by atoms with Crippen molar-refractivity contribution in [3.05, 3.63) is 24.3 Å². The van der Waals surface area contributed by atoms with Crippen molar-refractivity contribution in [1.29, 1.82) is 0 Å². The summed E-state index contributed by atoms with van der Waals surface area (Å²) >= 11 is 0. The number of aliphatic imine (C=N–C) groups is 1. The number of hydrogen-bond donors (Lipinski definition) is 1. The number of ether oxygens (including phenoxy) is 1. The Bertz CT molecular complexity index is 461. The Hall–Kier alpha value is -1.71. The molecule has 0 saturated heterocycles. The standard InChI is InChI=1S/C16H25N3O/c1-4-10-16(11-5-2)12-18-15(17)19(16)13-6-8-14(20-3)9-7-13/h6-9H,4-5,10-12H2,1-3H3,(H2,17,18). The van der Waals surface area contributed by atoms with E-state index in [2.05, 4.69) is 35.9 Å². The van der Waals surface area contributed by atoms with Gasteiger partial charge in [-0.15, -0.1) is 0 Å². The van der Waals surface area contributed by atoms with Crippen molar-refractivity contribution >= 4 is 11.6 Å². The van der Waals surface area contributed by atoms with Gasteiger partial charge in [-0.05, 0) is 37.1 Å². The molecule has 1 aliphatic heterocycles. The molecule has 0 saturated carbocycles. The molecular weight excluding hydrogens is 250 g/mol. The number of guanidine groups is 1. The van der Waals surface area contributed by atoms with E-state index in [1.54, 1.807) is 7.11 Å². The monoisotopic (exact) mass is 275 g/mol. The fourth-order valence-corrected chi connectivity index (χ4v) is 3.19. The van der Waals surface area contributed by atoms with Crippen LogP contribution < -0.4 is 15.4 Å². The predicted molar refractivity (Wildman–Crippen MR) is 84.5 cm³/mol. The molecule has 4 heteroatoms. The third kappa shape index (κ3) is 2.60. The highest BCUT2D eigenvalue weighted by Crippen LogP contribution is 2.36. The SMILES string of the molecule is CCCC1(CCC)CN=C(N)N1c1ccc(OC)cc1. The molecule has 1 aromatic carbocycles. The van der Waals surface area contributed by atoms with Gasteiger partial charge in [0.15, 0.2) is 5.96 Å². The molecule has 1 heterocycles. The van der Waals surface area contributed by atoms with Crippen molar-refractivity contribution < 1.29 is 4.74 Å². The van der Waals surface area contributed by atoms with Crippen molar-refractivity contribution in [3.8, 4) is 5.75 Å². The normalized spacial score (nSPS) is 17.1. The van der Waals surface area contributed by atoms with Crippen LogP contribution in [0, 0.1) is 0 Å². The summed E-state index contributed by atoms with van der Waals surface area (Å²) in [6, 6.07) is 8.08. The molecule has 0 atom stereocenters. The van der Waals surface area contributed by atoms with Crippen LogP contribution in [0.3, 0.4) is 0 Å². The van der Waals surface area contributed by atoms with Gasteiger partial charge in [0.2, 0.25) is 0 Å². The minimum atomic E-state index is 0.0438. The fourth-order valence-electron chi connectivity index (χ4n) is 3.19. The van der Waals surface area contributed by atoms with Gasteiger partial charge in [0, 0.05) is 5.69 Å². The van der Waals surface area contributed by atoms with E-state index in [9.17, 15) is 0 Å². The van der Waals surface area contributed by atoms with Gasteiger partial charge in [-0.1, -0.05) is 26.7 Å². The molecule has 110 valence electrons. The lowest BCUT2D eigenvalue weighted by Crippen LogP contribution is -2.52. The van der Waals surface area contributed by atoms with Crippen LogP contribution in [0.15, 0.2) is 29.3 Å². The second-order valence-electron chi connectivity index (χ2n) is 5.43. The second kappa shape index (κ2) is 6.16. The molecule has 1 aromatic rings. The zero-order valence-corrected chi connectivity index (χ0v) is 12.7. The number of hydrogen-bond acceptors (Lipinski definition) is 4. The maximum atomic E-state index is 6.16. The fraction of sp³-hybridized carbons (Fsp3) is 0.562. The number of nitrogens with zero attached hydrogens (tertiary/aromatic N) is 2. The van der Waals surface area contributed by atoms with E-state index in [4.69, 9.17) is 10.5 Å². The lowest BCUT2D eigenvalue weighted by atomic mass is 9.87. The summed E-state index contributed by atoms with van der Waals surface area (Å²) in [7, 11) is 1.68. The average molecular weight is 275 g/mol.